The summed E-state index contributed by atoms with van der Waals surface area (Å²) < 4.78 is 6.00. The lowest BCUT2D eigenvalue weighted by Crippen LogP contribution is -2.63. The fourth-order valence-electron chi connectivity index (χ4n) is 2.98. The number of likely N-dealkylation sites (tertiary alicyclic amines) is 1. The summed E-state index contributed by atoms with van der Waals surface area (Å²) in [4.78, 5) is 2.51. The number of nitrogens with zero attached hydrogens (tertiary/aromatic N) is 2. The van der Waals surface area contributed by atoms with Gasteiger partial charge in [-0.05, 0) is 5.56 Å². The lowest BCUT2D eigenvalue weighted by molar-refractivity contribution is -0.178. The summed E-state index contributed by atoms with van der Waals surface area (Å²) in [6.45, 7) is 5.04. The minimum absolute atomic E-state index is 0.111. The Morgan fingerprint density at radius 1 is 1.16 bits per heavy atom. The molecule has 2 saturated heterocycles. The highest BCUT2D eigenvalue weighted by molar-refractivity contribution is 5.14. The van der Waals surface area contributed by atoms with Crippen LogP contribution in [-0.2, 0) is 11.3 Å². The van der Waals surface area contributed by atoms with Crippen LogP contribution in [-0.4, -0.2) is 48.9 Å². The molecular weight excluding hydrogens is 238 g/mol. The molecule has 4 heteroatoms. The quantitative estimate of drug-likeness (QED) is 0.872. The molecule has 1 aromatic rings. The van der Waals surface area contributed by atoms with Crippen molar-refractivity contribution in [3.8, 4) is 0 Å². The molecule has 2 aliphatic rings. The van der Waals surface area contributed by atoms with Gasteiger partial charge in [-0.2, -0.15) is 0 Å². The number of likely N-dealkylation sites (N-methyl/N-ethyl adjacent to an activating group) is 1. The zero-order chi connectivity index (χ0) is 13.1. The van der Waals surface area contributed by atoms with Gasteiger partial charge in [0.1, 0.15) is 5.72 Å². The summed E-state index contributed by atoms with van der Waals surface area (Å²) in [6.07, 6.45) is 2.12. The number of ether oxygens (including phenoxy) is 1. The van der Waals surface area contributed by atoms with Gasteiger partial charge in [0, 0.05) is 46.1 Å². The smallest absolute Gasteiger partial charge is 0.134 e. The van der Waals surface area contributed by atoms with Crippen LogP contribution in [0.25, 0.3) is 0 Å². The van der Waals surface area contributed by atoms with Gasteiger partial charge >= 0.3 is 0 Å². The second kappa shape index (κ2) is 5.59. The summed E-state index contributed by atoms with van der Waals surface area (Å²) in [7, 11) is 2.10. The molecule has 0 unspecified atom stereocenters. The van der Waals surface area contributed by atoms with Gasteiger partial charge in [-0.3, -0.25) is 4.90 Å². The van der Waals surface area contributed by atoms with Crippen LogP contribution in [0.4, 0.5) is 0 Å². The first-order chi connectivity index (χ1) is 9.26. The molecule has 0 amide bonds. The van der Waals surface area contributed by atoms with E-state index < -0.39 is 0 Å². The van der Waals surface area contributed by atoms with Gasteiger partial charge in [0.05, 0.1) is 6.61 Å². The first-order valence-corrected chi connectivity index (χ1v) is 7.15. The molecule has 0 saturated carbocycles. The summed E-state index contributed by atoms with van der Waals surface area (Å²) in [6, 6.07) is 10.7. The molecule has 19 heavy (non-hydrogen) atoms. The van der Waals surface area contributed by atoms with Crippen LogP contribution < -0.4 is 5.43 Å². The van der Waals surface area contributed by atoms with Crippen molar-refractivity contribution in [2.45, 2.75) is 25.1 Å². The molecule has 0 radical (unpaired) electrons. The average molecular weight is 261 g/mol. The van der Waals surface area contributed by atoms with E-state index in [1.807, 2.05) is 0 Å². The fourth-order valence-corrected chi connectivity index (χ4v) is 2.98. The number of hydrazine groups is 1. The molecule has 2 heterocycles. The second-order valence-corrected chi connectivity index (χ2v) is 5.64. The first kappa shape index (κ1) is 13.1. The SMILES string of the molecule is CN1CCOC2(CCN(Cc3ccccc3)CC2)N1. The van der Waals surface area contributed by atoms with Crippen molar-refractivity contribution in [3.63, 3.8) is 0 Å². The van der Waals surface area contributed by atoms with Crippen molar-refractivity contribution in [2.75, 3.05) is 33.3 Å². The third kappa shape index (κ3) is 3.15. The number of rotatable bonds is 2. The molecule has 0 atom stereocenters. The van der Waals surface area contributed by atoms with Gasteiger partial charge in [0.25, 0.3) is 0 Å². The van der Waals surface area contributed by atoms with Gasteiger partial charge in [-0.25, -0.2) is 10.4 Å². The molecule has 0 bridgehead atoms. The number of benzene rings is 1. The van der Waals surface area contributed by atoms with Gasteiger partial charge in [0.2, 0.25) is 0 Å². The van der Waals surface area contributed by atoms with Gasteiger partial charge in [-0.15, -0.1) is 0 Å². The molecule has 104 valence electrons. The number of nitrogens with one attached hydrogen (secondary N) is 1. The first-order valence-electron chi connectivity index (χ1n) is 7.15. The van der Waals surface area contributed by atoms with E-state index in [0.29, 0.717) is 0 Å². The zero-order valence-electron chi connectivity index (χ0n) is 11.6. The lowest BCUT2D eigenvalue weighted by atomic mass is 9.99. The third-order valence-electron chi connectivity index (χ3n) is 4.11. The minimum Gasteiger partial charge on any atom is -0.358 e. The minimum atomic E-state index is -0.111. The van der Waals surface area contributed by atoms with Gasteiger partial charge in [0.15, 0.2) is 0 Å². The van der Waals surface area contributed by atoms with E-state index in [1.165, 1.54) is 5.56 Å². The summed E-state index contributed by atoms with van der Waals surface area (Å²) in [5.41, 5.74) is 4.79. The third-order valence-corrected chi connectivity index (χ3v) is 4.11. The fraction of sp³-hybridized carbons (Fsp3) is 0.600. The lowest BCUT2D eigenvalue weighted by Gasteiger charge is -2.47. The summed E-state index contributed by atoms with van der Waals surface area (Å²) in [5, 5.41) is 2.16. The molecule has 0 aromatic heterocycles. The normalized spacial score (nSPS) is 24.7. The Morgan fingerprint density at radius 3 is 2.58 bits per heavy atom. The van der Waals surface area contributed by atoms with Crippen LogP contribution in [0.3, 0.4) is 0 Å². The van der Waals surface area contributed by atoms with Crippen LogP contribution in [0.2, 0.25) is 0 Å². The van der Waals surface area contributed by atoms with Crippen LogP contribution in [0.15, 0.2) is 30.3 Å². The van der Waals surface area contributed by atoms with E-state index in [2.05, 4.69) is 52.7 Å². The van der Waals surface area contributed by atoms with E-state index >= 15 is 0 Å². The predicted octanol–water partition coefficient (Wildman–Crippen LogP) is 1.45. The van der Waals surface area contributed by atoms with Crippen LogP contribution >= 0.6 is 0 Å². The Balaban J connectivity index is 1.54. The summed E-state index contributed by atoms with van der Waals surface area (Å²) >= 11 is 0. The molecule has 1 spiro atoms. The van der Waals surface area contributed by atoms with Gasteiger partial charge in [-0.1, -0.05) is 30.3 Å². The van der Waals surface area contributed by atoms with Crippen molar-refractivity contribution in [1.82, 2.24) is 15.3 Å². The highest BCUT2D eigenvalue weighted by Gasteiger charge is 2.38. The molecule has 1 N–H and O–H groups in total. The monoisotopic (exact) mass is 261 g/mol. The van der Waals surface area contributed by atoms with Crippen molar-refractivity contribution >= 4 is 0 Å². The molecule has 2 aliphatic heterocycles. The predicted molar refractivity (Wildman–Crippen MR) is 75.4 cm³/mol. The molecule has 1 aromatic carbocycles. The molecular formula is C15H23N3O. The van der Waals surface area contributed by atoms with E-state index in [-0.39, 0.29) is 5.72 Å². The van der Waals surface area contributed by atoms with E-state index in [9.17, 15) is 0 Å². The largest absolute Gasteiger partial charge is 0.358 e. The molecule has 0 aliphatic carbocycles. The van der Waals surface area contributed by atoms with Crippen molar-refractivity contribution < 1.29 is 4.74 Å². The standard InChI is InChI=1S/C15H23N3O/c1-17-11-12-19-15(16-17)7-9-18(10-8-15)13-14-5-3-2-4-6-14/h2-6,16H,7-13H2,1H3. The molecule has 4 nitrogen and oxygen atoms in total. The van der Waals surface area contributed by atoms with Crippen LogP contribution in [0.5, 0.6) is 0 Å². The second-order valence-electron chi connectivity index (χ2n) is 5.64. The Labute approximate surface area is 115 Å². The molecule has 2 fully saturated rings. The zero-order valence-corrected chi connectivity index (χ0v) is 11.6. The Bertz CT molecular complexity index is 401. The average Bonchev–Trinajstić information content (AvgIpc) is 2.43. The maximum Gasteiger partial charge on any atom is 0.134 e. The highest BCUT2D eigenvalue weighted by Crippen LogP contribution is 2.26. The number of hydrogen-bond donors (Lipinski definition) is 1. The maximum absolute atomic E-state index is 6.00. The molecule has 3 rings (SSSR count). The Kier molecular flexibility index (Phi) is 3.84. The van der Waals surface area contributed by atoms with Crippen molar-refractivity contribution in [3.05, 3.63) is 35.9 Å². The van der Waals surface area contributed by atoms with E-state index in [0.717, 1.165) is 45.6 Å². The number of hydrogen-bond acceptors (Lipinski definition) is 4. The van der Waals surface area contributed by atoms with E-state index in [4.69, 9.17) is 4.74 Å². The summed E-state index contributed by atoms with van der Waals surface area (Å²) in [5.74, 6) is 0. The maximum atomic E-state index is 6.00. The van der Waals surface area contributed by atoms with Crippen LogP contribution in [0.1, 0.15) is 18.4 Å². The Morgan fingerprint density at radius 2 is 1.89 bits per heavy atom. The van der Waals surface area contributed by atoms with E-state index in [1.54, 1.807) is 0 Å². The number of piperidine rings is 1. The van der Waals surface area contributed by atoms with Crippen molar-refractivity contribution in [1.29, 1.82) is 0 Å². The highest BCUT2D eigenvalue weighted by atomic mass is 16.5. The van der Waals surface area contributed by atoms with Gasteiger partial charge < -0.3 is 4.74 Å². The van der Waals surface area contributed by atoms with Crippen molar-refractivity contribution in [2.24, 2.45) is 0 Å². The Hall–Kier alpha value is -0.940. The topological polar surface area (TPSA) is 27.7 Å². The van der Waals surface area contributed by atoms with Crippen LogP contribution in [0, 0.1) is 0 Å².